The summed E-state index contributed by atoms with van der Waals surface area (Å²) < 4.78 is 7.76. The second-order valence-corrected chi connectivity index (χ2v) is 7.38. The van der Waals surface area contributed by atoms with Gasteiger partial charge in [0.25, 0.3) is 0 Å². The number of aromatic nitrogens is 3. The van der Waals surface area contributed by atoms with Crippen molar-refractivity contribution in [2.24, 2.45) is 10.9 Å². The highest BCUT2D eigenvalue weighted by atomic mass is 16.5. The van der Waals surface area contributed by atoms with Crippen LogP contribution < -0.4 is 15.4 Å². The summed E-state index contributed by atoms with van der Waals surface area (Å²) >= 11 is 0. The Morgan fingerprint density at radius 1 is 1.17 bits per heavy atom. The van der Waals surface area contributed by atoms with Crippen molar-refractivity contribution in [1.82, 2.24) is 25.4 Å². The van der Waals surface area contributed by atoms with Gasteiger partial charge >= 0.3 is 0 Å². The second-order valence-electron chi connectivity index (χ2n) is 7.38. The standard InChI is InChI=1S/C23H28N6O/c1-2-24-23(26-15-19-10-12-25-22(14-19)29-13-5-11-28-29)27-16-20-6-3-4-7-21(20)30-17-18-8-9-18/h3-7,10-14,18H,2,8-9,15-17H2,1H3,(H2,24,26,27). The fourth-order valence-electron chi connectivity index (χ4n) is 3.06. The highest BCUT2D eigenvalue weighted by Crippen LogP contribution is 2.30. The molecule has 156 valence electrons. The lowest BCUT2D eigenvalue weighted by Gasteiger charge is -2.14. The van der Waals surface area contributed by atoms with Crippen molar-refractivity contribution >= 4 is 5.96 Å². The Morgan fingerprint density at radius 3 is 2.87 bits per heavy atom. The van der Waals surface area contributed by atoms with Crippen molar-refractivity contribution in [3.63, 3.8) is 0 Å². The number of aliphatic imine (C=N–C) groups is 1. The molecule has 1 aliphatic rings. The summed E-state index contributed by atoms with van der Waals surface area (Å²) in [6.07, 6.45) is 7.98. The van der Waals surface area contributed by atoms with Gasteiger partial charge in [-0.15, -0.1) is 0 Å². The Kier molecular flexibility index (Phi) is 6.59. The lowest BCUT2D eigenvalue weighted by molar-refractivity contribution is 0.296. The van der Waals surface area contributed by atoms with E-state index in [0.29, 0.717) is 13.1 Å². The third-order valence-corrected chi connectivity index (χ3v) is 4.90. The van der Waals surface area contributed by atoms with E-state index in [1.165, 1.54) is 12.8 Å². The van der Waals surface area contributed by atoms with Crippen LogP contribution in [0, 0.1) is 5.92 Å². The van der Waals surface area contributed by atoms with Crippen molar-refractivity contribution in [2.45, 2.75) is 32.9 Å². The van der Waals surface area contributed by atoms with Gasteiger partial charge in [0.1, 0.15) is 5.75 Å². The first-order valence-electron chi connectivity index (χ1n) is 10.5. The lowest BCUT2D eigenvalue weighted by atomic mass is 10.2. The van der Waals surface area contributed by atoms with Crippen molar-refractivity contribution < 1.29 is 4.74 Å². The summed E-state index contributed by atoms with van der Waals surface area (Å²) in [6, 6.07) is 14.0. The minimum absolute atomic E-state index is 0.548. The number of hydrogen-bond acceptors (Lipinski definition) is 4. The molecule has 30 heavy (non-hydrogen) atoms. The number of nitrogens with one attached hydrogen (secondary N) is 2. The molecule has 1 aliphatic carbocycles. The third kappa shape index (κ3) is 5.59. The van der Waals surface area contributed by atoms with Crippen LogP contribution in [-0.2, 0) is 13.1 Å². The molecule has 1 fully saturated rings. The Bertz CT molecular complexity index is 965. The van der Waals surface area contributed by atoms with Crippen molar-refractivity contribution in [2.75, 3.05) is 13.2 Å². The number of hydrogen-bond donors (Lipinski definition) is 2. The van der Waals surface area contributed by atoms with E-state index in [4.69, 9.17) is 9.73 Å². The summed E-state index contributed by atoms with van der Waals surface area (Å²) in [6.45, 7) is 4.87. The molecule has 0 radical (unpaired) electrons. The van der Waals surface area contributed by atoms with Crippen LogP contribution >= 0.6 is 0 Å². The van der Waals surface area contributed by atoms with Gasteiger partial charge in [-0.3, -0.25) is 0 Å². The summed E-state index contributed by atoms with van der Waals surface area (Å²) in [7, 11) is 0. The van der Waals surface area contributed by atoms with Crippen LogP contribution in [0.5, 0.6) is 5.75 Å². The highest BCUT2D eigenvalue weighted by molar-refractivity contribution is 5.79. The number of ether oxygens (including phenoxy) is 1. The molecule has 4 rings (SSSR count). The summed E-state index contributed by atoms with van der Waals surface area (Å²) in [4.78, 5) is 9.10. The van der Waals surface area contributed by atoms with Crippen molar-refractivity contribution in [3.05, 3.63) is 72.2 Å². The van der Waals surface area contributed by atoms with E-state index in [0.717, 1.165) is 47.7 Å². The maximum atomic E-state index is 6.02. The van der Waals surface area contributed by atoms with Crippen LogP contribution in [-0.4, -0.2) is 33.9 Å². The molecular weight excluding hydrogens is 376 g/mol. The van der Waals surface area contributed by atoms with Crippen LogP contribution in [0.25, 0.3) is 5.82 Å². The second kappa shape index (κ2) is 9.91. The number of benzene rings is 1. The molecule has 0 unspecified atom stereocenters. The van der Waals surface area contributed by atoms with E-state index in [1.807, 2.05) is 42.6 Å². The first kappa shape index (κ1) is 19.9. The van der Waals surface area contributed by atoms with Gasteiger partial charge in [0.15, 0.2) is 11.8 Å². The number of pyridine rings is 1. The first-order valence-corrected chi connectivity index (χ1v) is 10.5. The zero-order valence-electron chi connectivity index (χ0n) is 17.3. The molecule has 0 bridgehead atoms. The monoisotopic (exact) mass is 404 g/mol. The topological polar surface area (TPSA) is 76.4 Å². The molecule has 7 nitrogen and oxygen atoms in total. The molecule has 2 aromatic heterocycles. The average molecular weight is 405 g/mol. The number of nitrogens with zero attached hydrogens (tertiary/aromatic N) is 4. The molecule has 2 N–H and O–H groups in total. The number of guanidine groups is 1. The van der Waals surface area contributed by atoms with E-state index in [9.17, 15) is 0 Å². The largest absolute Gasteiger partial charge is 0.493 e. The average Bonchev–Trinajstić information content (AvgIpc) is 3.45. The molecule has 0 atom stereocenters. The molecule has 0 spiro atoms. The van der Waals surface area contributed by atoms with Gasteiger partial charge in [0.2, 0.25) is 0 Å². The van der Waals surface area contributed by atoms with Gasteiger partial charge in [-0.25, -0.2) is 14.7 Å². The zero-order chi connectivity index (χ0) is 20.6. The Balaban J connectivity index is 1.39. The molecule has 7 heteroatoms. The molecule has 1 saturated carbocycles. The van der Waals surface area contributed by atoms with Gasteiger partial charge in [-0.1, -0.05) is 18.2 Å². The summed E-state index contributed by atoms with van der Waals surface area (Å²) in [5.41, 5.74) is 2.20. The maximum absolute atomic E-state index is 6.02. The molecule has 1 aromatic carbocycles. The van der Waals surface area contributed by atoms with E-state index >= 15 is 0 Å². The van der Waals surface area contributed by atoms with Gasteiger partial charge in [0.05, 0.1) is 13.2 Å². The summed E-state index contributed by atoms with van der Waals surface area (Å²) in [5.74, 6) is 3.24. The molecule has 0 aliphatic heterocycles. The van der Waals surface area contributed by atoms with Crippen LogP contribution in [0.1, 0.15) is 30.9 Å². The van der Waals surface area contributed by atoms with Crippen LogP contribution in [0.15, 0.2) is 66.0 Å². The fourth-order valence-corrected chi connectivity index (χ4v) is 3.06. The predicted octanol–water partition coefficient (Wildman–Crippen LogP) is 3.31. The van der Waals surface area contributed by atoms with Gasteiger partial charge in [0, 0.05) is 37.2 Å². The van der Waals surface area contributed by atoms with Crippen LogP contribution in [0.4, 0.5) is 0 Å². The SMILES string of the molecule is CCNC(=NCc1ccnc(-n2cccn2)c1)NCc1ccccc1OCC1CC1. The van der Waals surface area contributed by atoms with E-state index in [-0.39, 0.29) is 0 Å². The molecule has 0 saturated heterocycles. The Morgan fingerprint density at radius 2 is 2.07 bits per heavy atom. The Hall–Kier alpha value is -3.35. The normalized spacial score (nSPS) is 13.8. The van der Waals surface area contributed by atoms with Crippen molar-refractivity contribution in [3.8, 4) is 11.6 Å². The maximum Gasteiger partial charge on any atom is 0.191 e. The minimum atomic E-state index is 0.548. The third-order valence-electron chi connectivity index (χ3n) is 4.90. The van der Waals surface area contributed by atoms with E-state index < -0.39 is 0 Å². The van der Waals surface area contributed by atoms with Gasteiger partial charge in [-0.05, 0) is 55.5 Å². The van der Waals surface area contributed by atoms with Crippen molar-refractivity contribution in [1.29, 1.82) is 0 Å². The smallest absolute Gasteiger partial charge is 0.191 e. The number of para-hydroxylation sites is 1. The van der Waals surface area contributed by atoms with E-state index in [2.05, 4.69) is 33.7 Å². The minimum Gasteiger partial charge on any atom is -0.493 e. The number of rotatable bonds is 9. The zero-order valence-corrected chi connectivity index (χ0v) is 17.3. The molecule has 2 heterocycles. The van der Waals surface area contributed by atoms with Crippen LogP contribution in [0.3, 0.4) is 0 Å². The molecule has 3 aromatic rings. The predicted molar refractivity (Wildman–Crippen MR) is 118 cm³/mol. The first-order chi connectivity index (χ1) is 14.8. The fraction of sp³-hybridized carbons (Fsp3) is 0.348. The quantitative estimate of drug-likeness (QED) is 0.423. The van der Waals surface area contributed by atoms with Crippen LogP contribution in [0.2, 0.25) is 0 Å². The highest BCUT2D eigenvalue weighted by Gasteiger charge is 2.22. The summed E-state index contributed by atoms with van der Waals surface area (Å²) in [5, 5.41) is 11.0. The lowest BCUT2D eigenvalue weighted by Crippen LogP contribution is -2.36. The molecular formula is C23H28N6O. The van der Waals surface area contributed by atoms with Gasteiger partial charge < -0.3 is 15.4 Å². The van der Waals surface area contributed by atoms with Gasteiger partial charge in [-0.2, -0.15) is 5.10 Å². The molecule has 0 amide bonds. The Labute approximate surface area is 177 Å². The van der Waals surface area contributed by atoms with E-state index in [1.54, 1.807) is 17.1 Å².